The lowest BCUT2D eigenvalue weighted by molar-refractivity contribution is -0.142. The van der Waals surface area contributed by atoms with Crippen LogP contribution in [0.15, 0.2) is 66.7 Å². The van der Waals surface area contributed by atoms with Gasteiger partial charge < -0.3 is 4.74 Å². The first-order valence-corrected chi connectivity index (χ1v) is 11.7. The van der Waals surface area contributed by atoms with Crippen molar-refractivity contribution in [3.05, 3.63) is 83.4 Å². The van der Waals surface area contributed by atoms with E-state index in [0.717, 1.165) is 16.3 Å². The second-order valence-corrected chi connectivity index (χ2v) is 9.88. The van der Waals surface area contributed by atoms with Crippen molar-refractivity contribution in [1.29, 1.82) is 0 Å². The smallest absolute Gasteiger partial charge is 0.319 e. The van der Waals surface area contributed by atoms with E-state index in [9.17, 15) is 9.59 Å². The number of fused-ring (bicyclic) bond motifs is 1. The fourth-order valence-corrected chi connectivity index (χ4v) is 4.45. The Kier molecular flexibility index (Phi) is 7.55. The molecule has 0 amide bonds. The first kappa shape index (κ1) is 23.1. The molecule has 3 rings (SSSR count). The maximum absolute atomic E-state index is 13.0. The summed E-state index contributed by atoms with van der Waals surface area (Å²) in [6, 6.07) is 22.1. The lowest BCUT2D eigenvalue weighted by Gasteiger charge is -2.19. The zero-order valence-electron chi connectivity index (χ0n) is 18.7. The van der Waals surface area contributed by atoms with Crippen LogP contribution >= 0.6 is 11.8 Å². The summed E-state index contributed by atoms with van der Waals surface area (Å²) >= 11 is 1.47. The minimum absolute atomic E-state index is 0.0422. The highest BCUT2D eigenvalue weighted by Gasteiger charge is 2.25. The van der Waals surface area contributed by atoms with Crippen LogP contribution in [0.3, 0.4) is 0 Å². The minimum Gasteiger partial charge on any atom is -0.465 e. The van der Waals surface area contributed by atoms with Crippen molar-refractivity contribution in [3.63, 3.8) is 0 Å². The molecule has 0 fully saturated rings. The van der Waals surface area contributed by atoms with Gasteiger partial charge in [-0.05, 0) is 40.3 Å². The molecule has 3 aromatic carbocycles. The van der Waals surface area contributed by atoms with Crippen LogP contribution in [0, 0.1) is 0 Å². The highest BCUT2D eigenvalue weighted by atomic mass is 32.2. The number of ketones is 1. The van der Waals surface area contributed by atoms with Gasteiger partial charge in [0.2, 0.25) is 0 Å². The maximum Gasteiger partial charge on any atom is 0.319 e. The summed E-state index contributed by atoms with van der Waals surface area (Å²) in [7, 11) is 0. The van der Waals surface area contributed by atoms with Crippen molar-refractivity contribution in [2.24, 2.45) is 0 Å². The number of thioether (sulfide) groups is 1. The molecule has 0 aliphatic heterocycles. The fraction of sp³-hybridized carbons (Fsp3) is 0.333. The second kappa shape index (κ2) is 10.1. The van der Waals surface area contributed by atoms with Crippen LogP contribution in [0.1, 0.15) is 55.6 Å². The highest BCUT2D eigenvalue weighted by Crippen LogP contribution is 2.27. The van der Waals surface area contributed by atoms with Gasteiger partial charge in [-0.3, -0.25) is 9.59 Å². The monoisotopic (exact) mass is 434 g/mol. The van der Waals surface area contributed by atoms with Crippen LogP contribution in [0.25, 0.3) is 10.8 Å². The summed E-state index contributed by atoms with van der Waals surface area (Å²) in [5.41, 5.74) is 3.13. The number of hydrogen-bond acceptors (Lipinski definition) is 4. The van der Waals surface area contributed by atoms with Gasteiger partial charge in [-0.2, -0.15) is 0 Å². The Bertz CT molecular complexity index is 1050. The van der Waals surface area contributed by atoms with E-state index in [0.29, 0.717) is 17.9 Å². The van der Waals surface area contributed by atoms with Crippen LogP contribution in [0.2, 0.25) is 0 Å². The molecule has 0 bridgehead atoms. The number of carbonyl (C=O) groups excluding carboxylic acids is 2. The first-order valence-electron chi connectivity index (χ1n) is 10.7. The summed E-state index contributed by atoms with van der Waals surface area (Å²) in [5.74, 6) is 0.283. The molecule has 0 aromatic heterocycles. The van der Waals surface area contributed by atoms with E-state index >= 15 is 0 Å². The minimum atomic E-state index is -0.527. The normalized spacial score (nSPS) is 12.5. The van der Waals surface area contributed by atoms with Crippen LogP contribution in [0.4, 0.5) is 0 Å². The molecule has 0 radical (unpaired) electrons. The molecule has 3 nitrogen and oxygen atoms in total. The molecular weight excluding hydrogens is 404 g/mol. The number of rotatable bonds is 8. The van der Waals surface area contributed by atoms with Gasteiger partial charge in [0.05, 0.1) is 6.61 Å². The van der Waals surface area contributed by atoms with E-state index in [1.165, 1.54) is 17.3 Å². The quantitative estimate of drug-likeness (QED) is 0.297. The predicted octanol–water partition coefficient (Wildman–Crippen LogP) is 6.58. The number of esters is 1. The molecule has 1 atom stereocenters. The van der Waals surface area contributed by atoms with Gasteiger partial charge in [-0.1, -0.05) is 81.4 Å². The largest absolute Gasteiger partial charge is 0.465 e. The molecule has 162 valence electrons. The van der Waals surface area contributed by atoms with Crippen LogP contribution < -0.4 is 0 Å². The third kappa shape index (κ3) is 6.20. The van der Waals surface area contributed by atoms with Crippen molar-refractivity contribution in [2.45, 2.75) is 50.5 Å². The molecular formula is C27H30O3S. The Morgan fingerprint density at radius 3 is 2.26 bits per heavy atom. The second-order valence-electron chi connectivity index (χ2n) is 8.69. The Balaban J connectivity index is 1.71. The average molecular weight is 435 g/mol. The number of ether oxygens (including phenoxy) is 1. The van der Waals surface area contributed by atoms with Gasteiger partial charge in [-0.15, -0.1) is 11.8 Å². The SMILES string of the molecule is CCOC(=O)[C@H](CC(=O)c1ccc2ccccc2c1)SCc1ccc(C(C)(C)C)cc1. The lowest BCUT2D eigenvalue weighted by Crippen LogP contribution is -2.24. The molecule has 0 saturated carbocycles. The third-order valence-corrected chi connectivity index (χ3v) is 6.52. The van der Waals surface area contributed by atoms with E-state index in [-0.39, 0.29) is 23.6 Å². The molecule has 0 saturated heterocycles. The topological polar surface area (TPSA) is 43.4 Å². The molecule has 0 unspecified atom stereocenters. The van der Waals surface area contributed by atoms with E-state index in [4.69, 9.17) is 4.74 Å². The Morgan fingerprint density at radius 2 is 1.61 bits per heavy atom. The molecule has 0 spiro atoms. The van der Waals surface area contributed by atoms with Crippen molar-refractivity contribution in [2.75, 3.05) is 6.61 Å². The molecule has 0 aliphatic rings. The van der Waals surface area contributed by atoms with Gasteiger partial charge >= 0.3 is 5.97 Å². The van der Waals surface area contributed by atoms with Crippen molar-refractivity contribution in [1.82, 2.24) is 0 Å². The standard InChI is InChI=1S/C27H30O3S/c1-5-30-26(29)25(31-18-19-10-14-23(15-11-19)27(2,3)4)17-24(28)22-13-12-20-8-6-7-9-21(20)16-22/h6-16,25H,5,17-18H2,1-4H3/t25-/m0/s1. The molecule has 0 aliphatic carbocycles. The third-order valence-electron chi connectivity index (χ3n) is 5.26. The van der Waals surface area contributed by atoms with Gasteiger partial charge in [0, 0.05) is 17.7 Å². The lowest BCUT2D eigenvalue weighted by atomic mass is 9.87. The highest BCUT2D eigenvalue weighted by molar-refractivity contribution is 7.99. The molecule has 0 heterocycles. The number of hydrogen-bond donors (Lipinski definition) is 0. The number of carbonyl (C=O) groups is 2. The molecule has 4 heteroatoms. The predicted molar refractivity (Wildman–Crippen MR) is 130 cm³/mol. The van der Waals surface area contributed by atoms with Gasteiger partial charge in [0.1, 0.15) is 5.25 Å². The van der Waals surface area contributed by atoms with Gasteiger partial charge in [-0.25, -0.2) is 0 Å². The molecule has 0 N–H and O–H groups in total. The van der Waals surface area contributed by atoms with Crippen molar-refractivity contribution < 1.29 is 14.3 Å². The fourth-order valence-electron chi connectivity index (χ4n) is 3.39. The number of benzene rings is 3. The first-order chi connectivity index (χ1) is 14.8. The summed E-state index contributed by atoms with van der Waals surface area (Å²) in [5, 5.41) is 1.59. The summed E-state index contributed by atoms with van der Waals surface area (Å²) in [6.07, 6.45) is 0.127. The molecule has 31 heavy (non-hydrogen) atoms. The Hall–Kier alpha value is -2.59. The zero-order chi connectivity index (χ0) is 22.4. The van der Waals surface area contributed by atoms with Crippen LogP contribution in [0.5, 0.6) is 0 Å². The van der Waals surface area contributed by atoms with Gasteiger partial charge in [0.25, 0.3) is 0 Å². The van der Waals surface area contributed by atoms with E-state index in [1.54, 1.807) is 6.92 Å². The maximum atomic E-state index is 13.0. The summed E-state index contributed by atoms with van der Waals surface area (Å²) in [6.45, 7) is 8.65. The van der Waals surface area contributed by atoms with Gasteiger partial charge in [0.15, 0.2) is 5.78 Å². The zero-order valence-corrected chi connectivity index (χ0v) is 19.5. The van der Waals surface area contributed by atoms with E-state index in [1.807, 2.05) is 42.5 Å². The number of Topliss-reactive ketones (excluding diaryl/α,β-unsaturated/α-hetero) is 1. The average Bonchev–Trinajstić information content (AvgIpc) is 2.76. The van der Waals surface area contributed by atoms with Crippen molar-refractivity contribution in [3.8, 4) is 0 Å². The summed E-state index contributed by atoms with van der Waals surface area (Å²) in [4.78, 5) is 25.5. The van der Waals surface area contributed by atoms with E-state index < -0.39 is 5.25 Å². The van der Waals surface area contributed by atoms with Crippen molar-refractivity contribution >= 4 is 34.3 Å². The Labute approximate surface area is 189 Å². The Morgan fingerprint density at radius 1 is 0.935 bits per heavy atom. The van der Waals surface area contributed by atoms with E-state index in [2.05, 4.69) is 45.0 Å². The summed E-state index contributed by atoms with van der Waals surface area (Å²) < 4.78 is 5.25. The van der Waals surface area contributed by atoms with Crippen LogP contribution in [-0.2, 0) is 20.7 Å². The molecule has 3 aromatic rings. The van der Waals surface area contributed by atoms with Crippen LogP contribution in [-0.4, -0.2) is 23.6 Å².